The Morgan fingerprint density at radius 1 is 0.680 bits per heavy atom. The molecule has 0 aromatic heterocycles. The Bertz CT molecular complexity index is 937. The summed E-state index contributed by atoms with van der Waals surface area (Å²) in [5.74, 6) is -0.128. The van der Waals surface area contributed by atoms with Crippen LogP contribution in [-0.2, 0) is 10.2 Å². The average molecular weight is 356 g/mol. The van der Waals surface area contributed by atoms with E-state index in [1.807, 2.05) is 9.82 Å². The minimum atomic E-state index is -4.27. The van der Waals surface area contributed by atoms with Gasteiger partial charge in [0.15, 0.2) is 11.6 Å². The maximum atomic E-state index is 12.1. The lowest BCUT2D eigenvalue weighted by atomic mass is 9.84. The topological polar surface area (TPSA) is 166 Å². The molecule has 2 aromatic carbocycles. The van der Waals surface area contributed by atoms with E-state index in [2.05, 4.69) is 9.04 Å². The van der Waals surface area contributed by atoms with Crippen LogP contribution in [-0.4, -0.2) is 20.0 Å². The van der Waals surface area contributed by atoms with Crippen LogP contribution in [0.5, 0.6) is 0 Å². The predicted molar refractivity (Wildman–Crippen MR) is 87.0 cm³/mol. The Morgan fingerprint density at radius 2 is 0.960 bits per heavy atom. The number of nitrogens with zero attached hydrogens (tertiary/aromatic N) is 6. The molecule has 0 aliphatic heterocycles. The van der Waals surface area contributed by atoms with Crippen LogP contribution in [0.4, 0.5) is 0 Å². The molecule has 0 spiro atoms. The fourth-order valence-corrected chi connectivity index (χ4v) is 2.37. The molecule has 11 heteroatoms. The van der Waals surface area contributed by atoms with Crippen LogP contribution in [0.15, 0.2) is 57.6 Å². The maximum Gasteiger partial charge on any atom is 0.321 e. The molecule has 0 unspecified atom stereocenters. The largest absolute Gasteiger partial charge is 0.321 e. The zero-order valence-electron chi connectivity index (χ0n) is 12.3. The number of azide groups is 1. The van der Waals surface area contributed by atoms with E-state index in [0.29, 0.717) is 22.3 Å². The molecule has 1 aliphatic carbocycles. The summed E-state index contributed by atoms with van der Waals surface area (Å²) in [6.07, 6.45) is 0. The number of fused-ring (bicyclic) bond motifs is 2. The second-order valence-corrected chi connectivity index (χ2v) is 5.76. The number of hydrogen-bond acceptors (Lipinski definition) is 4. The molecule has 0 atom stereocenters. The summed E-state index contributed by atoms with van der Waals surface area (Å²) in [7, 11) is -4.27. The first-order chi connectivity index (χ1) is 11.9. The fourth-order valence-electron chi connectivity index (χ4n) is 2.16. The van der Waals surface area contributed by atoms with Crippen LogP contribution in [0, 0.1) is 0 Å². The van der Waals surface area contributed by atoms with Gasteiger partial charge in [0.2, 0.25) is 0 Å². The number of hydrogen-bond donors (Lipinski definition) is 0. The Morgan fingerprint density at radius 3 is 1.20 bits per heavy atom. The van der Waals surface area contributed by atoms with Gasteiger partial charge in [-0.05, 0) is 11.1 Å². The highest BCUT2D eigenvalue weighted by atomic mass is 32.2. The highest BCUT2D eigenvalue weighted by molar-refractivity contribution is 7.88. The smallest absolute Gasteiger partial charge is 0.289 e. The van der Waals surface area contributed by atoms with Crippen molar-refractivity contribution in [1.82, 2.24) is 0 Å². The molecule has 0 N–H and O–H groups in total. The summed E-state index contributed by atoms with van der Waals surface area (Å²) >= 11 is 0. The number of benzene rings is 2. The third kappa shape index (κ3) is 3.82. The highest BCUT2D eigenvalue weighted by Gasteiger charge is 2.28. The van der Waals surface area contributed by atoms with Crippen molar-refractivity contribution in [1.29, 1.82) is 0 Å². The first-order valence-electron chi connectivity index (χ1n) is 6.56. The SMILES string of the molecule is O=C1c2ccccc2C(=O)c2ccccc21.[N-]=[N+]=NS(=O)(=O)N=[N+]=[N-]. The quantitative estimate of drug-likeness (QED) is 0.390. The van der Waals surface area contributed by atoms with Crippen LogP contribution in [0.3, 0.4) is 0 Å². The molecule has 0 bridgehead atoms. The van der Waals surface area contributed by atoms with Gasteiger partial charge in [0, 0.05) is 41.1 Å². The molecule has 10 nitrogen and oxygen atoms in total. The molecule has 0 heterocycles. The zero-order valence-corrected chi connectivity index (χ0v) is 13.2. The molecule has 0 radical (unpaired) electrons. The van der Waals surface area contributed by atoms with Crippen LogP contribution in [0.25, 0.3) is 20.9 Å². The molecule has 0 amide bonds. The van der Waals surface area contributed by atoms with Gasteiger partial charge in [0.1, 0.15) is 0 Å². The molecule has 124 valence electrons. The minimum Gasteiger partial charge on any atom is -0.289 e. The van der Waals surface area contributed by atoms with Gasteiger partial charge >= 0.3 is 10.2 Å². The summed E-state index contributed by atoms with van der Waals surface area (Å²) in [6, 6.07) is 13.9. The molecule has 2 aromatic rings. The summed E-state index contributed by atoms with van der Waals surface area (Å²) < 4.78 is 24.3. The summed E-state index contributed by atoms with van der Waals surface area (Å²) in [6.45, 7) is 0. The van der Waals surface area contributed by atoms with Crippen molar-refractivity contribution in [2.24, 2.45) is 9.04 Å². The van der Waals surface area contributed by atoms with Crippen molar-refractivity contribution in [2.45, 2.75) is 0 Å². The third-order valence-electron chi connectivity index (χ3n) is 3.11. The van der Waals surface area contributed by atoms with Gasteiger partial charge in [-0.1, -0.05) is 48.5 Å². The maximum absolute atomic E-state index is 12.1. The fraction of sp³-hybridized carbons (Fsp3) is 0. The Kier molecular flexibility index (Phi) is 5.15. The number of carbonyl (C=O) groups excluding carboxylic acids is 2. The van der Waals surface area contributed by atoms with Crippen LogP contribution in [0.2, 0.25) is 0 Å². The van der Waals surface area contributed by atoms with Crippen LogP contribution >= 0.6 is 0 Å². The van der Waals surface area contributed by atoms with Crippen molar-refractivity contribution in [3.63, 3.8) is 0 Å². The van der Waals surface area contributed by atoms with E-state index in [1.165, 1.54) is 0 Å². The van der Waals surface area contributed by atoms with Crippen molar-refractivity contribution in [2.75, 3.05) is 0 Å². The normalized spacial score (nSPS) is 11.7. The average Bonchev–Trinajstić information content (AvgIpc) is 2.60. The summed E-state index contributed by atoms with van der Waals surface area (Å²) in [4.78, 5) is 28.0. The Hall–Kier alpha value is -3.65. The predicted octanol–water partition coefficient (Wildman–Crippen LogP) is 3.31. The lowest BCUT2D eigenvalue weighted by Gasteiger charge is -2.16. The second kappa shape index (κ2) is 7.28. The van der Waals surface area contributed by atoms with E-state index >= 15 is 0 Å². The first-order valence-corrected chi connectivity index (χ1v) is 7.96. The number of rotatable bonds is 2. The molecular formula is C14H8N6O4S. The van der Waals surface area contributed by atoms with Gasteiger partial charge in [0.25, 0.3) is 0 Å². The standard InChI is InChI=1S/C14H8O2.N6O2S/c15-13-9-5-1-2-6-10(9)14(16)12-8-4-3-7-11(12)13;1-3-5-9(7,8)6-4-2/h1-8H;. The lowest BCUT2D eigenvalue weighted by Crippen LogP contribution is -2.20. The summed E-state index contributed by atoms with van der Waals surface area (Å²) in [5, 5.41) is 0. The van der Waals surface area contributed by atoms with Crippen molar-refractivity contribution in [3.8, 4) is 0 Å². The molecule has 0 saturated heterocycles. The minimum absolute atomic E-state index is 0.0641. The monoisotopic (exact) mass is 356 g/mol. The zero-order chi connectivity index (χ0) is 18.4. The van der Waals surface area contributed by atoms with Gasteiger partial charge in [0.05, 0.1) is 0 Å². The number of carbonyl (C=O) groups is 2. The van der Waals surface area contributed by atoms with Gasteiger partial charge in [-0.2, -0.15) is 0 Å². The van der Waals surface area contributed by atoms with E-state index in [9.17, 15) is 18.0 Å². The molecule has 0 saturated carbocycles. The molecule has 1 aliphatic rings. The second-order valence-electron chi connectivity index (χ2n) is 4.54. The Labute approximate surface area is 141 Å². The Balaban J connectivity index is 0.000000217. The van der Waals surface area contributed by atoms with Gasteiger partial charge in [-0.3, -0.25) is 9.59 Å². The van der Waals surface area contributed by atoms with Gasteiger partial charge in [-0.25, -0.2) is 8.42 Å². The van der Waals surface area contributed by atoms with Crippen LogP contribution in [0.1, 0.15) is 31.8 Å². The first kappa shape index (κ1) is 17.7. The van der Waals surface area contributed by atoms with E-state index in [0.717, 1.165) is 0 Å². The van der Waals surface area contributed by atoms with Crippen LogP contribution < -0.4 is 0 Å². The number of ketones is 2. The van der Waals surface area contributed by atoms with Crippen molar-refractivity contribution in [3.05, 3.63) is 91.7 Å². The third-order valence-corrected chi connectivity index (χ3v) is 3.67. The van der Waals surface area contributed by atoms with E-state index in [1.54, 1.807) is 48.5 Å². The van der Waals surface area contributed by atoms with E-state index in [-0.39, 0.29) is 11.6 Å². The highest BCUT2D eigenvalue weighted by Crippen LogP contribution is 2.26. The van der Waals surface area contributed by atoms with Gasteiger partial charge < -0.3 is 0 Å². The molecule has 3 rings (SSSR count). The molecule has 0 fully saturated rings. The molecular weight excluding hydrogens is 348 g/mol. The van der Waals surface area contributed by atoms with Gasteiger partial charge in [-0.15, -0.1) is 0 Å². The van der Waals surface area contributed by atoms with E-state index < -0.39 is 10.2 Å². The lowest BCUT2D eigenvalue weighted by molar-refractivity contribution is 0.0979. The van der Waals surface area contributed by atoms with E-state index in [4.69, 9.17) is 11.1 Å². The van der Waals surface area contributed by atoms with Crippen molar-refractivity contribution >= 4 is 21.8 Å². The summed E-state index contributed by atoms with van der Waals surface area (Å²) in [5.41, 5.74) is 17.1. The molecule has 25 heavy (non-hydrogen) atoms. The van der Waals surface area contributed by atoms with Crippen molar-refractivity contribution < 1.29 is 18.0 Å².